The molecule has 1 nitrogen and oxygen atoms in total. The Morgan fingerprint density at radius 3 is 2.18 bits per heavy atom. The molecule has 0 saturated heterocycles. The summed E-state index contributed by atoms with van der Waals surface area (Å²) in [7, 11) is 0. The second kappa shape index (κ2) is 7.95. The summed E-state index contributed by atoms with van der Waals surface area (Å²) in [5.41, 5.74) is 2.70. The number of aliphatic hydroxyl groups is 1. The molecule has 1 heteroatoms. The van der Waals surface area contributed by atoms with Gasteiger partial charge in [-0.05, 0) is 36.1 Å². The summed E-state index contributed by atoms with van der Waals surface area (Å²) in [5.74, 6) is 0. The van der Waals surface area contributed by atoms with Gasteiger partial charge < -0.3 is 5.11 Å². The molecule has 0 fully saturated rings. The van der Waals surface area contributed by atoms with Gasteiger partial charge in [0.05, 0.1) is 5.60 Å². The second-order valence-corrected chi connectivity index (χ2v) is 6.06. The van der Waals surface area contributed by atoms with Gasteiger partial charge in [-0.25, -0.2) is 0 Å². The quantitative estimate of drug-likeness (QED) is 0.739. The van der Waals surface area contributed by atoms with E-state index in [1.807, 2.05) is 42.5 Å². The van der Waals surface area contributed by atoms with Gasteiger partial charge in [0.25, 0.3) is 0 Å². The Morgan fingerprint density at radius 1 is 1.00 bits per heavy atom. The van der Waals surface area contributed by atoms with Crippen LogP contribution < -0.4 is 0 Å². The summed E-state index contributed by atoms with van der Waals surface area (Å²) in [6, 6.07) is 20.5. The van der Waals surface area contributed by atoms with Crippen LogP contribution in [-0.4, -0.2) is 10.7 Å². The van der Waals surface area contributed by atoms with Crippen LogP contribution in [0.5, 0.6) is 0 Å². The molecule has 1 N–H and O–H groups in total. The molecule has 1 unspecified atom stereocenters. The zero-order valence-electron chi connectivity index (χ0n) is 13.6. The van der Waals surface area contributed by atoms with Gasteiger partial charge in [0.1, 0.15) is 0 Å². The Bertz CT molecular complexity index is 586. The lowest BCUT2D eigenvalue weighted by Gasteiger charge is -2.26. The summed E-state index contributed by atoms with van der Waals surface area (Å²) in [4.78, 5) is 0. The van der Waals surface area contributed by atoms with Gasteiger partial charge in [-0.15, -0.1) is 0 Å². The molecule has 0 bridgehead atoms. The Balaban J connectivity index is 2.24. The standard InChI is InChI=1S/C21H26O/c1-3-4-15-21(22,17-19-11-7-5-8-12-19)16-18(2)20-13-9-6-10-14-20/h5-14,16,22H,3-4,15,17H2,1-2H3/b18-16+. The fraction of sp³-hybridized carbons (Fsp3) is 0.333. The molecule has 2 aromatic carbocycles. The lowest BCUT2D eigenvalue weighted by Crippen LogP contribution is -2.29. The number of hydrogen-bond acceptors (Lipinski definition) is 1. The first-order valence-electron chi connectivity index (χ1n) is 8.14. The number of allylic oxidation sites excluding steroid dienone is 1. The molecule has 2 rings (SSSR count). The lowest BCUT2D eigenvalue weighted by atomic mass is 9.86. The molecule has 0 radical (unpaired) electrons. The van der Waals surface area contributed by atoms with E-state index in [2.05, 4.69) is 38.1 Å². The smallest absolute Gasteiger partial charge is 0.0873 e. The molecule has 0 aliphatic carbocycles. The van der Waals surface area contributed by atoms with E-state index < -0.39 is 5.60 Å². The van der Waals surface area contributed by atoms with E-state index in [-0.39, 0.29) is 0 Å². The summed E-state index contributed by atoms with van der Waals surface area (Å²) < 4.78 is 0. The van der Waals surface area contributed by atoms with Gasteiger partial charge in [-0.2, -0.15) is 0 Å². The van der Waals surface area contributed by atoms with E-state index in [9.17, 15) is 5.11 Å². The van der Waals surface area contributed by atoms with E-state index in [0.29, 0.717) is 6.42 Å². The summed E-state index contributed by atoms with van der Waals surface area (Å²) >= 11 is 0. The normalized spacial score (nSPS) is 14.6. The number of unbranched alkanes of at least 4 members (excludes halogenated alkanes) is 1. The minimum absolute atomic E-state index is 0.665. The highest BCUT2D eigenvalue weighted by Crippen LogP contribution is 2.26. The third-order valence-electron chi connectivity index (χ3n) is 4.03. The highest BCUT2D eigenvalue weighted by atomic mass is 16.3. The summed E-state index contributed by atoms with van der Waals surface area (Å²) in [5, 5.41) is 11.2. The Labute approximate surface area is 134 Å². The number of benzene rings is 2. The van der Waals surface area contributed by atoms with Crippen LogP contribution in [0.3, 0.4) is 0 Å². The Hall–Kier alpha value is -1.86. The fourth-order valence-electron chi connectivity index (χ4n) is 2.83. The maximum absolute atomic E-state index is 11.2. The molecular formula is C21H26O. The molecule has 0 spiro atoms. The largest absolute Gasteiger partial charge is 0.385 e. The van der Waals surface area contributed by atoms with Crippen molar-refractivity contribution in [1.29, 1.82) is 0 Å². The van der Waals surface area contributed by atoms with E-state index in [4.69, 9.17) is 0 Å². The zero-order valence-corrected chi connectivity index (χ0v) is 13.6. The van der Waals surface area contributed by atoms with Crippen LogP contribution in [0.2, 0.25) is 0 Å². The fourth-order valence-corrected chi connectivity index (χ4v) is 2.83. The third kappa shape index (κ3) is 4.85. The van der Waals surface area contributed by atoms with E-state index >= 15 is 0 Å². The molecule has 0 aliphatic heterocycles. The van der Waals surface area contributed by atoms with Crippen LogP contribution in [0.25, 0.3) is 5.57 Å². The van der Waals surface area contributed by atoms with Crippen molar-refractivity contribution in [2.75, 3.05) is 0 Å². The summed E-state index contributed by atoms with van der Waals surface area (Å²) in [6.45, 7) is 4.24. The van der Waals surface area contributed by atoms with Crippen LogP contribution in [0, 0.1) is 0 Å². The maximum atomic E-state index is 11.2. The molecule has 0 aromatic heterocycles. The van der Waals surface area contributed by atoms with Crippen LogP contribution in [-0.2, 0) is 6.42 Å². The van der Waals surface area contributed by atoms with Crippen LogP contribution in [0.15, 0.2) is 66.7 Å². The Kier molecular flexibility index (Phi) is 5.97. The highest BCUT2D eigenvalue weighted by molar-refractivity contribution is 5.64. The number of hydrogen-bond donors (Lipinski definition) is 1. The van der Waals surface area contributed by atoms with E-state index in [1.165, 1.54) is 11.1 Å². The molecular weight excluding hydrogens is 268 g/mol. The Morgan fingerprint density at radius 2 is 1.59 bits per heavy atom. The monoisotopic (exact) mass is 294 g/mol. The SMILES string of the molecule is CCCCC(O)(/C=C(\C)c1ccccc1)Cc1ccccc1. The first-order chi connectivity index (χ1) is 10.6. The van der Waals surface area contributed by atoms with Crippen LogP contribution in [0.4, 0.5) is 0 Å². The second-order valence-electron chi connectivity index (χ2n) is 6.06. The average Bonchev–Trinajstić information content (AvgIpc) is 2.54. The van der Waals surface area contributed by atoms with E-state index in [0.717, 1.165) is 24.8 Å². The average molecular weight is 294 g/mol. The van der Waals surface area contributed by atoms with Crippen molar-refractivity contribution in [3.8, 4) is 0 Å². The number of rotatable bonds is 7. The van der Waals surface area contributed by atoms with Crippen molar-refractivity contribution in [2.45, 2.75) is 45.1 Å². The van der Waals surface area contributed by atoms with E-state index in [1.54, 1.807) is 0 Å². The van der Waals surface area contributed by atoms with Crippen molar-refractivity contribution in [2.24, 2.45) is 0 Å². The van der Waals surface area contributed by atoms with Crippen molar-refractivity contribution in [3.05, 3.63) is 77.9 Å². The van der Waals surface area contributed by atoms with Gasteiger partial charge in [0.2, 0.25) is 0 Å². The van der Waals surface area contributed by atoms with Gasteiger partial charge in [0.15, 0.2) is 0 Å². The molecule has 0 heterocycles. The predicted octanol–water partition coefficient (Wildman–Crippen LogP) is 5.25. The first-order valence-corrected chi connectivity index (χ1v) is 8.14. The highest BCUT2D eigenvalue weighted by Gasteiger charge is 2.24. The minimum Gasteiger partial charge on any atom is -0.385 e. The maximum Gasteiger partial charge on any atom is 0.0873 e. The molecule has 0 saturated carbocycles. The molecule has 2 aromatic rings. The summed E-state index contributed by atoms with van der Waals surface area (Å²) in [6.07, 6.45) is 5.63. The van der Waals surface area contributed by atoms with Gasteiger partial charge >= 0.3 is 0 Å². The predicted molar refractivity (Wildman–Crippen MR) is 94.7 cm³/mol. The van der Waals surface area contributed by atoms with Crippen molar-refractivity contribution in [1.82, 2.24) is 0 Å². The molecule has 116 valence electrons. The zero-order chi connectivity index (χ0) is 15.8. The van der Waals surface area contributed by atoms with Gasteiger partial charge in [-0.1, -0.05) is 80.4 Å². The van der Waals surface area contributed by atoms with Crippen LogP contribution >= 0.6 is 0 Å². The topological polar surface area (TPSA) is 20.2 Å². The lowest BCUT2D eigenvalue weighted by molar-refractivity contribution is 0.0798. The minimum atomic E-state index is -0.780. The third-order valence-corrected chi connectivity index (χ3v) is 4.03. The van der Waals surface area contributed by atoms with Gasteiger partial charge in [-0.3, -0.25) is 0 Å². The first kappa shape index (κ1) is 16.5. The molecule has 0 amide bonds. The molecule has 1 atom stereocenters. The van der Waals surface area contributed by atoms with Crippen LogP contribution in [0.1, 0.15) is 44.2 Å². The van der Waals surface area contributed by atoms with Crippen molar-refractivity contribution < 1.29 is 5.11 Å². The van der Waals surface area contributed by atoms with Crippen molar-refractivity contribution >= 4 is 5.57 Å². The van der Waals surface area contributed by atoms with Gasteiger partial charge in [0, 0.05) is 6.42 Å². The molecule has 22 heavy (non-hydrogen) atoms. The van der Waals surface area contributed by atoms with Crippen molar-refractivity contribution in [3.63, 3.8) is 0 Å². The molecule has 0 aliphatic rings.